The van der Waals surface area contributed by atoms with Crippen LogP contribution in [0.3, 0.4) is 0 Å². The lowest BCUT2D eigenvalue weighted by molar-refractivity contribution is 0.333. The third-order valence-corrected chi connectivity index (χ3v) is 4.81. The van der Waals surface area contributed by atoms with E-state index in [0.717, 1.165) is 43.4 Å². The van der Waals surface area contributed by atoms with Gasteiger partial charge in [0.15, 0.2) is 0 Å². The summed E-state index contributed by atoms with van der Waals surface area (Å²) in [6, 6.07) is 15.7. The topological polar surface area (TPSA) is 8.17 Å². The molecule has 0 saturated heterocycles. The van der Waals surface area contributed by atoms with Gasteiger partial charge in [-0.05, 0) is 55.8 Å². The van der Waals surface area contributed by atoms with Crippen molar-refractivity contribution in [2.45, 2.75) is 25.9 Å². The highest BCUT2D eigenvalue weighted by atomic mass is 19.1. The number of aromatic nitrogens is 1. The Bertz CT molecular complexity index is 836. The van der Waals surface area contributed by atoms with Gasteiger partial charge in [0, 0.05) is 29.7 Å². The predicted octanol–water partition coefficient (Wildman–Crippen LogP) is 4.21. The van der Waals surface area contributed by atoms with Gasteiger partial charge in [-0.3, -0.25) is 0 Å². The molecule has 23 heavy (non-hydrogen) atoms. The summed E-state index contributed by atoms with van der Waals surface area (Å²) in [6.07, 6.45) is 2.21. The summed E-state index contributed by atoms with van der Waals surface area (Å²) >= 11 is 0. The van der Waals surface area contributed by atoms with Crippen molar-refractivity contribution in [2.24, 2.45) is 0 Å². The molecule has 0 radical (unpaired) electrons. The van der Waals surface area contributed by atoms with Crippen molar-refractivity contribution < 1.29 is 4.39 Å². The van der Waals surface area contributed by atoms with Crippen molar-refractivity contribution in [2.75, 3.05) is 13.6 Å². The smallest absolute Gasteiger partial charge is 0.123 e. The molecule has 3 aromatic rings. The van der Waals surface area contributed by atoms with Crippen LogP contribution in [0.4, 0.5) is 4.39 Å². The van der Waals surface area contributed by atoms with Gasteiger partial charge >= 0.3 is 0 Å². The second kappa shape index (κ2) is 5.82. The molecule has 4 rings (SSSR count). The van der Waals surface area contributed by atoms with E-state index in [-0.39, 0.29) is 5.82 Å². The van der Waals surface area contributed by atoms with Crippen LogP contribution in [-0.4, -0.2) is 23.1 Å². The molecule has 0 saturated carbocycles. The lowest BCUT2D eigenvalue weighted by Gasteiger charge is -2.12. The summed E-state index contributed by atoms with van der Waals surface area (Å²) in [4.78, 5) is 2.34. The molecule has 0 atom stereocenters. The molecule has 1 aromatic heterocycles. The van der Waals surface area contributed by atoms with Gasteiger partial charge in [-0.2, -0.15) is 0 Å². The van der Waals surface area contributed by atoms with E-state index >= 15 is 0 Å². The first-order valence-corrected chi connectivity index (χ1v) is 8.24. The average molecular weight is 308 g/mol. The quantitative estimate of drug-likeness (QED) is 0.688. The Balaban J connectivity index is 1.90. The molecule has 1 aliphatic rings. The highest BCUT2D eigenvalue weighted by molar-refractivity contribution is 5.86. The fourth-order valence-corrected chi connectivity index (χ4v) is 3.72. The number of hydrogen-bond acceptors (Lipinski definition) is 1. The van der Waals surface area contributed by atoms with Crippen LogP contribution in [0.5, 0.6) is 0 Å². The SMILES string of the molecule is CN1CCCc2c(c3cc(F)ccc3n2Cc2ccccc2)C1. The fraction of sp³-hybridized carbons (Fsp3) is 0.300. The summed E-state index contributed by atoms with van der Waals surface area (Å²) in [7, 11) is 2.15. The zero-order chi connectivity index (χ0) is 15.8. The molecule has 0 unspecified atom stereocenters. The third kappa shape index (κ3) is 2.66. The van der Waals surface area contributed by atoms with Gasteiger partial charge in [-0.15, -0.1) is 0 Å². The number of benzene rings is 2. The van der Waals surface area contributed by atoms with Crippen LogP contribution in [0, 0.1) is 5.82 Å². The molecule has 2 heterocycles. The third-order valence-electron chi connectivity index (χ3n) is 4.81. The molecular formula is C20H21FN2. The van der Waals surface area contributed by atoms with E-state index in [1.165, 1.54) is 16.8 Å². The Morgan fingerprint density at radius 1 is 1.09 bits per heavy atom. The Hall–Kier alpha value is -2.13. The number of hydrogen-bond donors (Lipinski definition) is 0. The molecule has 0 amide bonds. The van der Waals surface area contributed by atoms with Crippen molar-refractivity contribution in [1.82, 2.24) is 9.47 Å². The van der Waals surface area contributed by atoms with E-state index < -0.39 is 0 Å². The van der Waals surface area contributed by atoms with Crippen molar-refractivity contribution in [3.8, 4) is 0 Å². The van der Waals surface area contributed by atoms with Gasteiger partial charge in [-0.1, -0.05) is 30.3 Å². The van der Waals surface area contributed by atoms with E-state index in [0.29, 0.717) is 0 Å². The number of halogens is 1. The Kier molecular flexibility index (Phi) is 3.66. The van der Waals surface area contributed by atoms with Crippen molar-refractivity contribution in [3.63, 3.8) is 0 Å². The Morgan fingerprint density at radius 3 is 2.74 bits per heavy atom. The van der Waals surface area contributed by atoms with Gasteiger partial charge in [0.25, 0.3) is 0 Å². The normalized spacial score (nSPS) is 15.6. The minimum absolute atomic E-state index is 0.149. The molecule has 0 spiro atoms. The Labute approximate surface area is 136 Å². The minimum Gasteiger partial charge on any atom is -0.340 e. The fourth-order valence-electron chi connectivity index (χ4n) is 3.72. The van der Waals surface area contributed by atoms with E-state index in [4.69, 9.17) is 0 Å². The maximum absolute atomic E-state index is 13.8. The molecule has 0 aliphatic carbocycles. The van der Waals surface area contributed by atoms with Crippen molar-refractivity contribution >= 4 is 10.9 Å². The van der Waals surface area contributed by atoms with Crippen LogP contribution < -0.4 is 0 Å². The zero-order valence-electron chi connectivity index (χ0n) is 13.4. The molecular weight excluding hydrogens is 287 g/mol. The lowest BCUT2D eigenvalue weighted by Crippen LogP contribution is -2.17. The predicted molar refractivity (Wildman–Crippen MR) is 92.1 cm³/mol. The first-order chi connectivity index (χ1) is 11.2. The second-order valence-corrected chi connectivity index (χ2v) is 6.50. The van der Waals surface area contributed by atoms with Crippen LogP contribution in [0.15, 0.2) is 48.5 Å². The van der Waals surface area contributed by atoms with Crippen LogP contribution in [0.1, 0.15) is 23.2 Å². The molecule has 0 N–H and O–H groups in total. The maximum Gasteiger partial charge on any atom is 0.123 e. The van der Waals surface area contributed by atoms with Crippen molar-refractivity contribution in [3.05, 3.63) is 71.2 Å². The van der Waals surface area contributed by atoms with Crippen LogP contribution in [0.25, 0.3) is 10.9 Å². The standard InChI is InChI=1S/C20H21FN2/c1-22-11-5-8-19-18(14-22)17-12-16(21)9-10-20(17)23(19)13-15-6-3-2-4-7-15/h2-4,6-7,9-10,12H,5,8,11,13-14H2,1H3. The minimum atomic E-state index is -0.149. The van der Waals surface area contributed by atoms with Crippen LogP contribution in [-0.2, 0) is 19.5 Å². The maximum atomic E-state index is 13.8. The highest BCUT2D eigenvalue weighted by Crippen LogP contribution is 2.31. The van der Waals surface area contributed by atoms with Gasteiger partial charge in [-0.25, -0.2) is 4.39 Å². The second-order valence-electron chi connectivity index (χ2n) is 6.50. The molecule has 2 nitrogen and oxygen atoms in total. The van der Waals surface area contributed by atoms with E-state index in [2.05, 4.69) is 40.8 Å². The largest absolute Gasteiger partial charge is 0.340 e. The van der Waals surface area contributed by atoms with Crippen LogP contribution >= 0.6 is 0 Å². The summed E-state index contributed by atoms with van der Waals surface area (Å²) < 4.78 is 16.2. The summed E-state index contributed by atoms with van der Waals surface area (Å²) in [5.41, 5.74) is 5.11. The van der Waals surface area contributed by atoms with Crippen LogP contribution in [0.2, 0.25) is 0 Å². The lowest BCUT2D eigenvalue weighted by atomic mass is 10.1. The molecule has 2 aromatic carbocycles. The first-order valence-electron chi connectivity index (χ1n) is 8.24. The molecule has 1 aliphatic heterocycles. The molecule has 118 valence electrons. The Morgan fingerprint density at radius 2 is 1.91 bits per heavy atom. The highest BCUT2D eigenvalue weighted by Gasteiger charge is 2.21. The summed E-state index contributed by atoms with van der Waals surface area (Å²) in [5, 5.41) is 1.07. The summed E-state index contributed by atoms with van der Waals surface area (Å²) in [5.74, 6) is -0.149. The van der Waals surface area contributed by atoms with E-state index in [1.807, 2.05) is 12.1 Å². The first kappa shape index (κ1) is 14.5. The van der Waals surface area contributed by atoms with Gasteiger partial charge in [0.2, 0.25) is 0 Å². The van der Waals surface area contributed by atoms with Gasteiger partial charge in [0.1, 0.15) is 5.82 Å². The van der Waals surface area contributed by atoms with Crippen molar-refractivity contribution in [1.29, 1.82) is 0 Å². The number of rotatable bonds is 2. The summed E-state index contributed by atoms with van der Waals surface area (Å²) in [6.45, 7) is 2.84. The molecule has 3 heteroatoms. The monoisotopic (exact) mass is 308 g/mol. The van der Waals surface area contributed by atoms with E-state index in [1.54, 1.807) is 12.1 Å². The average Bonchev–Trinajstić information content (AvgIpc) is 2.70. The molecule has 0 fully saturated rings. The van der Waals surface area contributed by atoms with Gasteiger partial charge in [0.05, 0.1) is 0 Å². The zero-order valence-corrected chi connectivity index (χ0v) is 13.4. The number of nitrogens with zero attached hydrogens (tertiary/aromatic N) is 2. The van der Waals surface area contributed by atoms with Gasteiger partial charge < -0.3 is 9.47 Å². The molecule has 0 bridgehead atoms. The number of fused-ring (bicyclic) bond motifs is 3. The van der Waals surface area contributed by atoms with E-state index in [9.17, 15) is 4.39 Å².